The van der Waals surface area contributed by atoms with Gasteiger partial charge in [-0.25, -0.2) is 13.4 Å². The summed E-state index contributed by atoms with van der Waals surface area (Å²) in [6, 6.07) is 3.31. The standard InChI is InChI=1S/C12H19N3O4S/c1-2-5-13-9-4-3-6-14-12(9)20(18,19)15-7-10(16)11(17)8-15/h3-4,6,10-11,13,16-17H,2,5,7-8H2,1H3. The fourth-order valence-electron chi connectivity index (χ4n) is 2.04. The second-order valence-electron chi connectivity index (χ2n) is 4.74. The topological polar surface area (TPSA) is 103 Å². The third kappa shape index (κ3) is 2.93. The van der Waals surface area contributed by atoms with Crippen LogP contribution in [0.25, 0.3) is 0 Å². The van der Waals surface area contributed by atoms with Gasteiger partial charge in [0.15, 0.2) is 5.03 Å². The Hall–Kier alpha value is -1.22. The van der Waals surface area contributed by atoms with Crippen LogP contribution in [0.15, 0.2) is 23.4 Å². The summed E-state index contributed by atoms with van der Waals surface area (Å²) in [6.45, 7) is 2.38. The number of aromatic nitrogens is 1. The molecule has 1 aliphatic heterocycles. The minimum Gasteiger partial charge on any atom is -0.389 e. The Labute approximate surface area is 118 Å². The predicted octanol–water partition coefficient (Wildman–Crippen LogP) is -0.370. The van der Waals surface area contributed by atoms with E-state index >= 15 is 0 Å². The molecule has 112 valence electrons. The van der Waals surface area contributed by atoms with Crippen LogP contribution in [0.5, 0.6) is 0 Å². The van der Waals surface area contributed by atoms with Gasteiger partial charge in [0.25, 0.3) is 10.0 Å². The molecule has 1 fully saturated rings. The SMILES string of the molecule is CCCNc1cccnc1S(=O)(=O)N1CC(O)C(O)C1. The van der Waals surface area contributed by atoms with Gasteiger partial charge < -0.3 is 15.5 Å². The fraction of sp³-hybridized carbons (Fsp3) is 0.583. The number of sulfonamides is 1. The first-order valence-corrected chi connectivity index (χ1v) is 7.96. The highest BCUT2D eigenvalue weighted by Gasteiger charge is 2.39. The van der Waals surface area contributed by atoms with Crippen LogP contribution in [0.2, 0.25) is 0 Å². The smallest absolute Gasteiger partial charge is 0.262 e. The summed E-state index contributed by atoms with van der Waals surface area (Å²) in [5.41, 5.74) is 0.435. The number of aliphatic hydroxyl groups excluding tert-OH is 2. The van der Waals surface area contributed by atoms with Crippen molar-refractivity contribution >= 4 is 15.7 Å². The summed E-state index contributed by atoms with van der Waals surface area (Å²) in [4.78, 5) is 3.94. The van der Waals surface area contributed by atoms with E-state index < -0.39 is 22.2 Å². The van der Waals surface area contributed by atoms with E-state index in [0.717, 1.165) is 10.7 Å². The van der Waals surface area contributed by atoms with Crippen molar-refractivity contribution in [3.8, 4) is 0 Å². The maximum atomic E-state index is 12.5. The van der Waals surface area contributed by atoms with Crippen molar-refractivity contribution in [3.63, 3.8) is 0 Å². The molecule has 0 bridgehead atoms. The number of nitrogens with one attached hydrogen (secondary N) is 1. The summed E-state index contributed by atoms with van der Waals surface area (Å²) in [5, 5.41) is 21.9. The molecule has 0 spiro atoms. The van der Waals surface area contributed by atoms with Gasteiger partial charge in [-0.05, 0) is 18.6 Å². The van der Waals surface area contributed by atoms with E-state index in [-0.39, 0.29) is 18.1 Å². The molecule has 0 aliphatic carbocycles. The molecule has 8 heteroatoms. The second kappa shape index (κ2) is 6.04. The number of pyridine rings is 1. The van der Waals surface area contributed by atoms with Crippen LogP contribution in [-0.4, -0.2) is 59.8 Å². The largest absolute Gasteiger partial charge is 0.389 e. The first-order chi connectivity index (χ1) is 9.46. The van der Waals surface area contributed by atoms with E-state index in [0.29, 0.717) is 12.2 Å². The summed E-state index contributed by atoms with van der Waals surface area (Å²) in [6.07, 6.45) is 0.156. The third-order valence-electron chi connectivity index (χ3n) is 3.15. The van der Waals surface area contributed by atoms with Gasteiger partial charge in [-0.3, -0.25) is 0 Å². The molecule has 2 unspecified atom stereocenters. The van der Waals surface area contributed by atoms with Crippen molar-refractivity contribution in [2.75, 3.05) is 25.0 Å². The minimum absolute atomic E-state index is 0.0743. The average molecular weight is 301 g/mol. The van der Waals surface area contributed by atoms with Gasteiger partial charge in [-0.2, -0.15) is 4.31 Å². The Bertz CT molecular complexity index is 554. The zero-order valence-corrected chi connectivity index (χ0v) is 12.0. The monoisotopic (exact) mass is 301 g/mol. The number of anilines is 1. The van der Waals surface area contributed by atoms with Crippen LogP contribution in [0.1, 0.15) is 13.3 Å². The van der Waals surface area contributed by atoms with Gasteiger partial charge in [0.1, 0.15) is 0 Å². The molecule has 1 aromatic rings. The second-order valence-corrected chi connectivity index (χ2v) is 6.59. The quantitative estimate of drug-likeness (QED) is 0.686. The van der Waals surface area contributed by atoms with E-state index in [1.807, 2.05) is 6.92 Å². The van der Waals surface area contributed by atoms with E-state index in [1.165, 1.54) is 6.20 Å². The van der Waals surface area contributed by atoms with Gasteiger partial charge in [0.05, 0.1) is 17.9 Å². The first-order valence-electron chi connectivity index (χ1n) is 6.52. The van der Waals surface area contributed by atoms with Gasteiger partial charge in [0, 0.05) is 25.8 Å². The highest BCUT2D eigenvalue weighted by Crippen LogP contribution is 2.25. The summed E-state index contributed by atoms with van der Waals surface area (Å²) in [7, 11) is -3.83. The minimum atomic E-state index is -3.83. The predicted molar refractivity (Wildman–Crippen MR) is 73.8 cm³/mol. The molecule has 2 heterocycles. The molecule has 0 amide bonds. The number of aliphatic hydroxyl groups is 2. The average Bonchev–Trinajstić information content (AvgIpc) is 2.77. The zero-order valence-electron chi connectivity index (χ0n) is 11.2. The van der Waals surface area contributed by atoms with Crippen molar-refractivity contribution in [1.29, 1.82) is 0 Å². The lowest BCUT2D eigenvalue weighted by Crippen LogP contribution is -2.31. The van der Waals surface area contributed by atoms with Crippen LogP contribution < -0.4 is 5.32 Å². The Balaban J connectivity index is 2.30. The highest BCUT2D eigenvalue weighted by molar-refractivity contribution is 7.89. The number of rotatable bonds is 5. The van der Waals surface area contributed by atoms with E-state index in [1.54, 1.807) is 12.1 Å². The highest BCUT2D eigenvalue weighted by atomic mass is 32.2. The normalized spacial score (nSPS) is 23.9. The lowest BCUT2D eigenvalue weighted by Gasteiger charge is -2.17. The fourth-order valence-corrected chi connectivity index (χ4v) is 3.60. The molecule has 0 saturated carbocycles. The van der Waals surface area contributed by atoms with Crippen LogP contribution in [0, 0.1) is 0 Å². The molecule has 0 radical (unpaired) electrons. The van der Waals surface area contributed by atoms with Crippen molar-refractivity contribution in [3.05, 3.63) is 18.3 Å². The molecular weight excluding hydrogens is 282 g/mol. The maximum Gasteiger partial charge on any atom is 0.262 e. The molecule has 1 aliphatic rings. The molecule has 20 heavy (non-hydrogen) atoms. The van der Waals surface area contributed by atoms with E-state index in [4.69, 9.17) is 0 Å². The van der Waals surface area contributed by atoms with Gasteiger partial charge in [-0.15, -0.1) is 0 Å². The van der Waals surface area contributed by atoms with Crippen molar-refractivity contribution in [2.45, 2.75) is 30.6 Å². The summed E-state index contributed by atoms with van der Waals surface area (Å²) < 4.78 is 26.1. The summed E-state index contributed by atoms with van der Waals surface area (Å²) >= 11 is 0. The van der Waals surface area contributed by atoms with Gasteiger partial charge in [0.2, 0.25) is 0 Å². The Kier molecular flexibility index (Phi) is 4.59. The molecule has 2 rings (SSSR count). The third-order valence-corrected chi connectivity index (χ3v) is 4.94. The van der Waals surface area contributed by atoms with E-state index in [9.17, 15) is 18.6 Å². The molecular formula is C12H19N3O4S. The van der Waals surface area contributed by atoms with Crippen LogP contribution in [0.4, 0.5) is 5.69 Å². The molecule has 7 nitrogen and oxygen atoms in total. The summed E-state index contributed by atoms with van der Waals surface area (Å²) in [5.74, 6) is 0. The number of β-amino-alcohol motifs (C(OH)–C–C–N with tert-alkyl or cyclic N) is 2. The van der Waals surface area contributed by atoms with Crippen molar-refractivity contribution < 1.29 is 18.6 Å². The van der Waals surface area contributed by atoms with Gasteiger partial charge >= 0.3 is 0 Å². The van der Waals surface area contributed by atoms with Crippen LogP contribution in [-0.2, 0) is 10.0 Å². The Morgan fingerprint density at radius 2 is 2.05 bits per heavy atom. The maximum absolute atomic E-state index is 12.5. The van der Waals surface area contributed by atoms with Crippen molar-refractivity contribution in [1.82, 2.24) is 9.29 Å². The molecule has 0 aromatic carbocycles. The Morgan fingerprint density at radius 1 is 1.40 bits per heavy atom. The molecule has 3 N–H and O–H groups in total. The van der Waals surface area contributed by atoms with Crippen molar-refractivity contribution in [2.24, 2.45) is 0 Å². The van der Waals surface area contributed by atoms with E-state index in [2.05, 4.69) is 10.3 Å². The van der Waals surface area contributed by atoms with Crippen LogP contribution >= 0.6 is 0 Å². The first kappa shape index (κ1) is 15.2. The molecule has 2 atom stereocenters. The molecule has 1 aromatic heterocycles. The lowest BCUT2D eigenvalue weighted by molar-refractivity contribution is 0.0572. The van der Waals surface area contributed by atoms with Crippen LogP contribution in [0.3, 0.4) is 0 Å². The van der Waals surface area contributed by atoms with Gasteiger partial charge in [-0.1, -0.05) is 6.92 Å². The number of nitrogens with zero attached hydrogens (tertiary/aromatic N) is 2. The number of hydrogen-bond donors (Lipinski definition) is 3. The Morgan fingerprint density at radius 3 is 2.65 bits per heavy atom. The molecule has 1 saturated heterocycles. The number of hydrogen-bond acceptors (Lipinski definition) is 6. The lowest BCUT2D eigenvalue weighted by atomic mass is 10.3. The zero-order chi connectivity index (χ0) is 14.8.